The third kappa shape index (κ3) is 5.71. The van der Waals surface area contributed by atoms with Crippen molar-refractivity contribution in [3.8, 4) is 11.8 Å². The van der Waals surface area contributed by atoms with Crippen LogP contribution in [0.2, 0.25) is 5.02 Å². The molecule has 2 aliphatic rings. The second-order valence-corrected chi connectivity index (χ2v) is 11.6. The number of carbonyl (C=O) groups is 1. The van der Waals surface area contributed by atoms with Gasteiger partial charge in [-0.1, -0.05) is 23.4 Å². The average Bonchev–Trinajstić information content (AvgIpc) is 3.61. The van der Waals surface area contributed by atoms with Crippen LogP contribution < -0.4 is 5.32 Å². The first-order valence-corrected chi connectivity index (χ1v) is 13.3. The SMILES string of the molecule is Cn1cc(C(C)(O)C#CC2(O)CC3CC(c4ncn(C)c4C(=O)Nc4ccc(F)c(Cl)c4)CC3C2)c(C(F)(F)F)n1. The number of anilines is 1. The summed E-state index contributed by atoms with van der Waals surface area (Å²) in [5.41, 5.74) is -4.05. The lowest BCUT2D eigenvalue weighted by atomic mass is 9.90. The van der Waals surface area contributed by atoms with Crippen molar-refractivity contribution in [2.24, 2.45) is 25.9 Å². The van der Waals surface area contributed by atoms with Gasteiger partial charge in [0, 0.05) is 37.5 Å². The van der Waals surface area contributed by atoms with Crippen LogP contribution in [0, 0.1) is 29.5 Å². The zero-order valence-corrected chi connectivity index (χ0v) is 23.2. The Labute approximate surface area is 238 Å². The molecule has 0 saturated heterocycles. The fraction of sp³-hybridized carbons (Fsp3) is 0.464. The van der Waals surface area contributed by atoms with Gasteiger partial charge in [0.25, 0.3) is 5.91 Å². The van der Waals surface area contributed by atoms with Crippen LogP contribution in [0.1, 0.15) is 66.0 Å². The van der Waals surface area contributed by atoms with Gasteiger partial charge in [-0.15, -0.1) is 0 Å². The van der Waals surface area contributed by atoms with E-state index < -0.39 is 40.4 Å². The zero-order valence-electron chi connectivity index (χ0n) is 22.4. The summed E-state index contributed by atoms with van der Waals surface area (Å²) in [6.45, 7) is 1.15. The molecule has 1 aromatic carbocycles. The third-order valence-electron chi connectivity index (χ3n) is 7.95. The average molecular weight is 594 g/mol. The minimum absolute atomic E-state index is 0.0437. The topological polar surface area (TPSA) is 105 Å². The van der Waals surface area contributed by atoms with Crippen molar-refractivity contribution in [3.63, 3.8) is 0 Å². The maximum atomic E-state index is 13.5. The van der Waals surface area contributed by atoms with Gasteiger partial charge in [-0.3, -0.25) is 9.48 Å². The quantitative estimate of drug-likeness (QED) is 0.299. The lowest BCUT2D eigenvalue weighted by Crippen LogP contribution is -2.27. The molecular weight excluding hydrogens is 566 g/mol. The monoisotopic (exact) mass is 593 g/mol. The molecule has 2 aliphatic carbocycles. The number of halogens is 5. The van der Waals surface area contributed by atoms with Crippen LogP contribution in [-0.2, 0) is 25.9 Å². The summed E-state index contributed by atoms with van der Waals surface area (Å²) in [6.07, 6.45) is -0.338. The molecule has 2 aromatic heterocycles. The fourth-order valence-corrected chi connectivity index (χ4v) is 6.32. The predicted octanol–water partition coefficient (Wildman–Crippen LogP) is 4.76. The first-order valence-electron chi connectivity index (χ1n) is 12.9. The van der Waals surface area contributed by atoms with Gasteiger partial charge in [-0.2, -0.15) is 18.3 Å². The van der Waals surface area contributed by atoms with Gasteiger partial charge >= 0.3 is 6.18 Å². The molecule has 0 radical (unpaired) electrons. The Morgan fingerprint density at radius 1 is 1.22 bits per heavy atom. The highest BCUT2D eigenvalue weighted by Crippen LogP contribution is 2.54. The van der Waals surface area contributed by atoms with Crippen molar-refractivity contribution in [1.82, 2.24) is 19.3 Å². The number of amides is 1. The van der Waals surface area contributed by atoms with Crippen LogP contribution in [0.25, 0.3) is 0 Å². The molecule has 13 heteroatoms. The third-order valence-corrected chi connectivity index (χ3v) is 8.24. The van der Waals surface area contributed by atoms with E-state index in [1.54, 1.807) is 17.9 Å². The van der Waals surface area contributed by atoms with Gasteiger partial charge in [-0.25, -0.2) is 9.37 Å². The van der Waals surface area contributed by atoms with Crippen LogP contribution in [0.15, 0.2) is 30.7 Å². The van der Waals surface area contributed by atoms with E-state index >= 15 is 0 Å². The number of imidazole rings is 1. The van der Waals surface area contributed by atoms with E-state index in [2.05, 4.69) is 27.2 Å². The van der Waals surface area contributed by atoms with E-state index in [4.69, 9.17) is 11.6 Å². The standard InChI is InChI=1S/C28H28ClF4N5O3/c1-26(40,19-13-38(3)36-24(19)28(31,32)33)6-7-27(41)11-16-8-15(9-17(16)12-27)22-23(37(2)14-34-22)25(39)35-18-4-5-21(30)20(29)10-18/h4-5,10,13-17,40-41H,8-9,11-12H2,1-3H3,(H,35,39). The molecule has 2 heterocycles. The molecule has 5 rings (SSSR count). The fourth-order valence-electron chi connectivity index (χ4n) is 6.14. The molecule has 2 saturated carbocycles. The molecule has 3 aromatic rings. The van der Waals surface area contributed by atoms with Gasteiger partial charge in [0.2, 0.25) is 0 Å². The van der Waals surface area contributed by atoms with Crippen molar-refractivity contribution >= 4 is 23.2 Å². The highest BCUT2D eigenvalue weighted by Gasteiger charge is 2.50. The smallest absolute Gasteiger partial charge is 0.378 e. The van der Waals surface area contributed by atoms with Crippen molar-refractivity contribution in [2.45, 2.75) is 55.9 Å². The molecule has 0 aliphatic heterocycles. The molecule has 0 spiro atoms. The molecule has 2 fully saturated rings. The molecule has 3 N–H and O–H groups in total. The zero-order chi connectivity index (χ0) is 29.9. The highest BCUT2D eigenvalue weighted by molar-refractivity contribution is 6.31. The summed E-state index contributed by atoms with van der Waals surface area (Å²) in [5.74, 6) is 4.15. The summed E-state index contributed by atoms with van der Waals surface area (Å²) in [7, 11) is 3.02. The summed E-state index contributed by atoms with van der Waals surface area (Å²) in [4.78, 5) is 17.6. The molecule has 41 heavy (non-hydrogen) atoms. The van der Waals surface area contributed by atoms with Gasteiger partial charge in [0.05, 0.1) is 17.0 Å². The van der Waals surface area contributed by atoms with Gasteiger partial charge in [0.1, 0.15) is 17.1 Å². The Balaban J connectivity index is 1.29. The van der Waals surface area contributed by atoms with E-state index in [9.17, 15) is 32.6 Å². The van der Waals surface area contributed by atoms with Gasteiger partial charge in [-0.05, 0) is 62.6 Å². The normalized spacial score (nSPS) is 25.4. The van der Waals surface area contributed by atoms with E-state index in [0.29, 0.717) is 29.9 Å². The minimum Gasteiger partial charge on any atom is -0.378 e. The summed E-state index contributed by atoms with van der Waals surface area (Å²) < 4.78 is 56.4. The number of hydrogen-bond acceptors (Lipinski definition) is 5. The molecular formula is C28H28ClF4N5O3. The molecule has 3 atom stereocenters. The van der Waals surface area contributed by atoms with Gasteiger partial charge < -0.3 is 20.1 Å². The first-order chi connectivity index (χ1) is 19.1. The van der Waals surface area contributed by atoms with Crippen LogP contribution in [-0.4, -0.2) is 41.1 Å². The lowest BCUT2D eigenvalue weighted by molar-refractivity contribution is -0.143. The predicted molar refractivity (Wildman–Crippen MR) is 141 cm³/mol. The summed E-state index contributed by atoms with van der Waals surface area (Å²) >= 11 is 5.83. The van der Waals surface area contributed by atoms with Gasteiger partial charge in [0.15, 0.2) is 11.3 Å². The van der Waals surface area contributed by atoms with Crippen molar-refractivity contribution < 1.29 is 32.6 Å². The van der Waals surface area contributed by atoms with Crippen molar-refractivity contribution in [1.29, 1.82) is 0 Å². The number of aryl methyl sites for hydroxylation is 2. The Bertz CT molecular complexity index is 1550. The lowest BCUT2D eigenvalue weighted by Gasteiger charge is -2.21. The number of fused-ring (bicyclic) bond motifs is 1. The molecule has 8 nitrogen and oxygen atoms in total. The van der Waals surface area contributed by atoms with E-state index in [0.717, 1.165) is 23.9 Å². The Kier molecular flexibility index (Phi) is 7.21. The van der Waals surface area contributed by atoms with Crippen LogP contribution in [0.3, 0.4) is 0 Å². The van der Waals surface area contributed by atoms with Crippen molar-refractivity contribution in [3.05, 3.63) is 64.2 Å². The number of benzene rings is 1. The Hall–Kier alpha value is -3.40. The van der Waals surface area contributed by atoms with Crippen LogP contribution in [0.5, 0.6) is 0 Å². The summed E-state index contributed by atoms with van der Waals surface area (Å²) in [6, 6.07) is 3.89. The maximum absolute atomic E-state index is 13.5. The molecule has 218 valence electrons. The first kappa shape index (κ1) is 29.1. The second kappa shape index (κ2) is 10.2. The van der Waals surface area contributed by atoms with Crippen LogP contribution in [0.4, 0.5) is 23.2 Å². The maximum Gasteiger partial charge on any atom is 0.435 e. The molecule has 0 bridgehead atoms. The van der Waals surface area contributed by atoms with E-state index in [1.807, 2.05) is 0 Å². The number of aliphatic hydroxyl groups is 2. The number of carbonyl (C=O) groups excluding carboxylic acids is 1. The molecule has 3 unspecified atom stereocenters. The second-order valence-electron chi connectivity index (χ2n) is 11.2. The van der Waals surface area contributed by atoms with Crippen LogP contribution >= 0.6 is 11.6 Å². The Morgan fingerprint density at radius 2 is 1.88 bits per heavy atom. The number of aromatic nitrogens is 4. The van der Waals surface area contributed by atoms with E-state index in [-0.39, 0.29) is 35.6 Å². The number of hydrogen-bond donors (Lipinski definition) is 3. The number of alkyl halides is 3. The van der Waals surface area contributed by atoms with E-state index in [1.165, 1.54) is 19.2 Å². The van der Waals surface area contributed by atoms with Crippen molar-refractivity contribution in [2.75, 3.05) is 5.32 Å². The minimum atomic E-state index is -4.77. The molecule has 1 amide bonds. The highest BCUT2D eigenvalue weighted by atomic mass is 35.5. The largest absolute Gasteiger partial charge is 0.435 e. The summed E-state index contributed by atoms with van der Waals surface area (Å²) in [5, 5.41) is 28.1. The number of rotatable bonds is 4. The Morgan fingerprint density at radius 3 is 2.49 bits per heavy atom. The number of nitrogens with zero attached hydrogens (tertiary/aromatic N) is 4. The number of nitrogens with one attached hydrogen (secondary N) is 1.